The first-order valence-corrected chi connectivity index (χ1v) is 13.3. The second kappa shape index (κ2) is 12.0. The molecular weight excluding hydrogens is 532 g/mol. The van der Waals surface area contributed by atoms with Gasteiger partial charge in [-0.2, -0.15) is 5.09 Å². The standard InChI is InChI=1S/C22H29FN3O7PS2/c1-12(2)31-21(28)14(4)25-34(29,33-15-8-6-5-7-9-15)30-11-16-18(27)17(23)20(32-16)26-10-13(3)19(35)24-22(26)36/h5-10,12,14,16-18,20,27H,11H2,1-4H3,(H,25,29)(H,24,35,36)/t14-,16-,17+,18?,20-,34-/m0/s1/i11D2. The third-order valence-electron chi connectivity index (χ3n) is 4.93. The lowest BCUT2D eigenvalue weighted by Gasteiger charge is -2.25. The molecule has 0 radical (unpaired) electrons. The topological polar surface area (TPSA) is 124 Å². The third-order valence-corrected chi connectivity index (χ3v) is 7.17. The van der Waals surface area contributed by atoms with E-state index in [9.17, 15) is 14.5 Å². The average molecular weight is 564 g/mol. The van der Waals surface area contributed by atoms with Gasteiger partial charge in [0.15, 0.2) is 17.2 Å². The molecule has 1 fully saturated rings. The Labute approximate surface area is 221 Å². The number of alkyl halides is 1. The van der Waals surface area contributed by atoms with Gasteiger partial charge in [-0.1, -0.05) is 30.4 Å². The molecule has 10 nitrogen and oxygen atoms in total. The van der Waals surface area contributed by atoms with E-state index in [-0.39, 0.29) is 10.5 Å². The van der Waals surface area contributed by atoms with Gasteiger partial charge in [0.1, 0.15) is 28.6 Å². The van der Waals surface area contributed by atoms with Crippen LogP contribution in [0.15, 0.2) is 36.5 Å². The summed E-state index contributed by atoms with van der Waals surface area (Å²) in [6.07, 6.45) is -6.77. The fourth-order valence-electron chi connectivity index (χ4n) is 3.17. The van der Waals surface area contributed by atoms with Gasteiger partial charge in [0.25, 0.3) is 0 Å². The van der Waals surface area contributed by atoms with Crippen molar-refractivity contribution in [2.24, 2.45) is 0 Å². The van der Waals surface area contributed by atoms with Crippen molar-refractivity contribution in [2.75, 3.05) is 6.56 Å². The van der Waals surface area contributed by atoms with Crippen molar-refractivity contribution in [3.63, 3.8) is 0 Å². The monoisotopic (exact) mass is 563 g/mol. The van der Waals surface area contributed by atoms with Gasteiger partial charge in [0, 0.05) is 11.8 Å². The van der Waals surface area contributed by atoms with Crippen molar-refractivity contribution in [2.45, 2.75) is 64.4 Å². The van der Waals surface area contributed by atoms with Crippen LogP contribution in [0, 0.1) is 16.3 Å². The van der Waals surface area contributed by atoms with E-state index in [0.717, 1.165) is 4.57 Å². The molecule has 36 heavy (non-hydrogen) atoms. The number of esters is 1. The van der Waals surface area contributed by atoms with E-state index < -0.39 is 57.0 Å². The van der Waals surface area contributed by atoms with Crippen LogP contribution in [-0.4, -0.2) is 57.7 Å². The predicted molar refractivity (Wildman–Crippen MR) is 134 cm³/mol. The van der Waals surface area contributed by atoms with Gasteiger partial charge in [-0.3, -0.25) is 13.9 Å². The number of aryl methyl sites for hydroxylation is 1. The summed E-state index contributed by atoms with van der Waals surface area (Å²) in [5.41, 5.74) is 0.536. The SMILES string of the molecule is [2H]C([2H])(O[P@@](=O)(N[C@@H](C)C(=O)OC(C)C)Oc1ccccc1)[C@@H]1O[C@H](n2cc(C)c(=S)[nH]c2=S)[C@H](F)C1O. The number of benzene rings is 1. The number of carbonyl (C=O) groups is 1. The maximum Gasteiger partial charge on any atom is 0.459 e. The molecule has 0 saturated carbocycles. The number of halogens is 1. The predicted octanol–water partition coefficient (Wildman–Crippen LogP) is 4.31. The zero-order chi connectivity index (χ0) is 28.4. The molecule has 3 rings (SSSR count). The Balaban J connectivity index is 1.90. The quantitative estimate of drug-likeness (QED) is 0.219. The molecule has 1 unspecified atom stereocenters. The number of H-pyrrole nitrogens is 1. The summed E-state index contributed by atoms with van der Waals surface area (Å²) in [6.45, 7) is 3.13. The maximum atomic E-state index is 15.2. The highest BCUT2D eigenvalue weighted by atomic mass is 32.1. The lowest BCUT2D eigenvalue weighted by Crippen LogP contribution is -2.37. The van der Waals surface area contributed by atoms with Crippen LogP contribution in [0.5, 0.6) is 5.75 Å². The summed E-state index contributed by atoms with van der Waals surface area (Å²) in [4.78, 5) is 15.0. The number of rotatable bonds is 10. The van der Waals surface area contributed by atoms with Gasteiger partial charge in [-0.25, -0.2) is 8.96 Å². The van der Waals surface area contributed by atoms with Crippen LogP contribution in [0.4, 0.5) is 4.39 Å². The molecule has 6 atom stereocenters. The van der Waals surface area contributed by atoms with Crippen molar-refractivity contribution in [1.29, 1.82) is 0 Å². The summed E-state index contributed by atoms with van der Waals surface area (Å²) in [5, 5.41) is 12.9. The van der Waals surface area contributed by atoms with E-state index in [0.29, 0.717) is 10.2 Å². The number of para-hydroxylation sites is 1. The van der Waals surface area contributed by atoms with Crippen molar-refractivity contribution in [1.82, 2.24) is 14.6 Å². The second-order valence-corrected chi connectivity index (χ2v) is 10.7. The number of aliphatic hydroxyl groups excluding tert-OH is 1. The molecule has 1 aromatic carbocycles. The molecule has 0 amide bonds. The van der Waals surface area contributed by atoms with E-state index in [1.807, 2.05) is 0 Å². The molecule has 0 bridgehead atoms. The van der Waals surface area contributed by atoms with Crippen LogP contribution >= 0.6 is 32.2 Å². The number of aliphatic hydroxyl groups is 1. The number of nitrogens with zero attached hydrogens (tertiary/aromatic N) is 1. The summed E-state index contributed by atoms with van der Waals surface area (Å²) in [7, 11) is -4.72. The fourth-order valence-corrected chi connectivity index (χ4v) is 5.01. The zero-order valence-corrected chi connectivity index (χ0v) is 22.4. The lowest BCUT2D eigenvalue weighted by molar-refractivity contribution is -0.149. The first-order valence-electron chi connectivity index (χ1n) is 12.0. The number of aromatic nitrogens is 2. The summed E-state index contributed by atoms with van der Waals surface area (Å²) in [6, 6.07) is 6.42. The Morgan fingerprint density at radius 3 is 2.67 bits per heavy atom. The molecule has 3 N–H and O–H groups in total. The Hall–Kier alpha value is -1.99. The molecule has 1 saturated heterocycles. The van der Waals surface area contributed by atoms with Gasteiger partial charge in [-0.05, 0) is 52.0 Å². The number of ether oxygens (including phenoxy) is 2. The van der Waals surface area contributed by atoms with Crippen LogP contribution < -0.4 is 9.61 Å². The summed E-state index contributed by atoms with van der Waals surface area (Å²) >= 11 is 10.3. The van der Waals surface area contributed by atoms with Crippen molar-refractivity contribution in [3.8, 4) is 5.75 Å². The first kappa shape index (κ1) is 25.7. The van der Waals surface area contributed by atoms with E-state index in [2.05, 4.69) is 10.1 Å². The number of hydrogen-bond acceptors (Lipinski definition) is 9. The molecule has 0 aliphatic carbocycles. The molecule has 198 valence electrons. The normalized spacial score (nSPS) is 25.5. The number of nitrogens with one attached hydrogen (secondary N) is 2. The molecule has 14 heteroatoms. The minimum absolute atomic E-state index is 0.0141. The highest BCUT2D eigenvalue weighted by Gasteiger charge is 2.46. The molecule has 1 aromatic heterocycles. The Morgan fingerprint density at radius 1 is 1.36 bits per heavy atom. The van der Waals surface area contributed by atoms with Gasteiger partial charge in [0.2, 0.25) is 0 Å². The highest BCUT2D eigenvalue weighted by Crippen LogP contribution is 2.46. The first-order chi connectivity index (χ1) is 17.6. The Morgan fingerprint density at radius 2 is 2.03 bits per heavy atom. The zero-order valence-electron chi connectivity index (χ0n) is 21.9. The van der Waals surface area contributed by atoms with Gasteiger partial charge < -0.3 is 24.1 Å². The smallest absolute Gasteiger partial charge is 0.459 e. The van der Waals surface area contributed by atoms with Crippen LogP contribution in [0.25, 0.3) is 0 Å². The minimum atomic E-state index is -4.72. The lowest BCUT2D eigenvalue weighted by atomic mass is 10.1. The minimum Gasteiger partial charge on any atom is -0.462 e. The number of hydrogen-bond donors (Lipinski definition) is 3. The van der Waals surface area contributed by atoms with E-state index >= 15 is 4.39 Å². The number of aromatic amines is 1. The molecule has 1 aliphatic rings. The molecule has 2 heterocycles. The van der Waals surface area contributed by atoms with E-state index in [4.69, 9.17) is 45.7 Å². The van der Waals surface area contributed by atoms with E-state index in [1.165, 1.54) is 25.3 Å². The van der Waals surface area contributed by atoms with Crippen molar-refractivity contribution >= 4 is 38.2 Å². The Bertz CT molecular complexity index is 1310. The third kappa shape index (κ3) is 7.06. The fraction of sp³-hybridized carbons (Fsp3) is 0.500. The largest absolute Gasteiger partial charge is 0.462 e. The number of carbonyl (C=O) groups excluding carboxylic acids is 1. The maximum absolute atomic E-state index is 15.2. The van der Waals surface area contributed by atoms with Crippen LogP contribution in [0.1, 0.15) is 35.3 Å². The van der Waals surface area contributed by atoms with Crippen molar-refractivity contribution < 1.29 is 40.1 Å². The van der Waals surface area contributed by atoms with Gasteiger partial charge >= 0.3 is 13.7 Å². The van der Waals surface area contributed by atoms with Crippen molar-refractivity contribution in [3.05, 3.63) is 51.5 Å². The Kier molecular flexibility index (Phi) is 8.58. The highest BCUT2D eigenvalue weighted by molar-refractivity contribution is 7.72. The average Bonchev–Trinajstić information content (AvgIpc) is 3.11. The van der Waals surface area contributed by atoms with Crippen LogP contribution in [-0.2, 0) is 23.4 Å². The van der Waals surface area contributed by atoms with Gasteiger partial charge in [-0.15, -0.1) is 0 Å². The second-order valence-electron chi connectivity index (χ2n) is 8.31. The van der Waals surface area contributed by atoms with Crippen LogP contribution in [0.2, 0.25) is 0 Å². The summed E-state index contributed by atoms with van der Waals surface area (Å²) < 4.78 is 68.6. The van der Waals surface area contributed by atoms with Crippen LogP contribution in [0.3, 0.4) is 0 Å². The van der Waals surface area contributed by atoms with Gasteiger partial charge in [0.05, 0.1) is 15.4 Å². The molecule has 2 aromatic rings. The molecular formula is C22H29FN3O7PS2. The molecule has 0 spiro atoms. The van der Waals surface area contributed by atoms with E-state index in [1.54, 1.807) is 39.0 Å². The molecule has 1 aliphatic heterocycles. The summed E-state index contributed by atoms with van der Waals surface area (Å²) in [5.74, 6) is -0.771.